The van der Waals surface area contributed by atoms with Crippen LogP contribution in [0.5, 0.6) is 0 Å². The molecule has 0 saturated heterocycles. The highest BCUT2D eigenvalue weighted by Crippen LogP contribution is 2.17. The van der Waals surface area contributed by atoms with Crippen molar-refractivity contribution in [1.82, 2.24) is 4.90 Å². The molecule has 0 aromatic rings. The van der Waals surface area contributed by atoms with E-state index < -0.39 is 0 Å². The standard InChI is InChI=1S/C14H30N2/c1-7-8-9-10-11-12-15-13(16(5)6)14(2,3)4/h7-12H2,1-6H3. The molecule has 0 rings (SSSR count). The van der Waals surface area contributed by atoms with Crippen molar-refractivity contribution < 1.29 is 0 Å². The summed E-state index contributed by atoms with van der Waals surface area (Å²) in [6, 6.07) is 0. The van der Waals surface area contributed by atoms with Gasteiger partial charge in [-0.1, -0.05) is 53.4 Å². The predicted molar refractivity (Wildman–Crippen MR) is 74.2 cm³/mol. The van der Waals surface area contributed by atoms with Crippen LogP contribution in [-0.2, 0) is 0 Å². The summed E-state index contributed by atoms with van der Waals surface area (Å²) in [5.41, 5.74) is 0.160. The maximum absolute atomic E-state index is 4.73. The molecule has 0 amide bonds. The van der Waals surface area contributed by atoms with Crippen LogP contribution in [-0.4, -0.2) is 31.4 Å². The predicted octanol–water partition coefficient (Wildman–Crippen LogP) is 3.96. The summed E-state index contributed by atoms with van der Waals surface area (Å²) in [6.07, 6.45) is 6.59. The number of aliphatic imine (C=N–C) groups is 1. The lowest BCUT2D eigenvalue weighted by Gasteiger charge is -2.27. The van der Waals surface area contributed by atoms with Crippen LogP contribution in [0.25, 0.3) is 0 Å². The fraction of sp³-hybridized carbons (Fsp3) is 0.929. The first-order valence-electron chi connectivity index (χ1n) is 6.61. The highest BCUT2D eigenvalue weighted by atomic mass is 15.1. The van der Waals surface area contributed by atoms with E-state index in [1.165, 1.54) is 37.9 Å². The first-order chi connectivity index (χ1) is 7.39. The number of rotatable bonds is 6. The Morgan fingerprint density at radius 2 is 1.56 bits per heavy atom. The maximum atomic E-state index is 4.73. The van der Waals surface area contributed by atoms with Gasteiger partial charge in [0.25, 0.3) is 0 Å². The van der Waals surface area contributed by atoms with Crippen LogP contribution in [0.3, 0.4) is 0 Å². The summed E-state index contributed by atoms with van der Waals surface area (Å²) >= 11 is 0. The SMILES string of the molecule is CCCCCCCN=C(N(C)C)C(C)(C)C. The van der Waals surface area contributed by atoms with E-state index in [2.05, 4.69) is 46.7 Å². The van der Waals surface area contributed by atoms with Crippen LogP contribution >= 0.6 is 0 Å². The number of nitrogens with zero attached hydrogens (tertiary/aromatic N) is 2. The zero-order valence-electron chi connectivity index (χ0n) is 12.1. The van der Waals surface area contributed by atoms with Crippen molar-refractivity contribution in [2.75, 3.05) is 20.6 Å². The van der Waals surface area contributed by atoms with Gasteiger partial charge < -0.3 is 4.90 Å². The zero-order chi connectivity index (χ0) is 12.6. The molecule has 0 unspecified atom stereocenters. The van der Waals surface area contributed by atoms with Crippen molar-refractivity contribution in [1.29, 1.82) is 0 Å². The molecule has 0 saturated carbocycles. The molecule has 16 heavy (non-hydrogen) atoms. The molecule has 96 valence electrons. The van der Waals surface area contributed by atoms with E-state index in [-0.39, 0.29) is 5.41 Å². The Morgan fingerprint density at radius 1 is 1.00 bits per heavy atom. The van der Waals surface area contributed by atoms with E-state index in [9.17, 15) is 0 Å². The molecule has 0 radical (unpaired) electrons. The van der Waals surface area contributed by atoms with E-state index in [1.807, 2.05) is 0 Å². The van der Waals surface area contributed by atoms with Crippen molar-refractivity contribution in [2.45, 2.75) is 59.8 Å². The van der Waals surface area contributed by atoms with Gasteiger partial charge >= 0.3 is 0 Å². The van der Waals surface area contributed by atoms with Crippen LogP contribution in [0.1, 0.15) is 59.8 Å². The van der Waals surface area contributed by atoms with Gasteiger partial charge in [-0.15, -0.1) is 0 Å². The Labute approximate surface area is 102 Å². The van der Waals surface area contributed by atoms with Gasteiger partial charge in [0.1, 0.15) is 5.84 Å². The molecule has 0 aliphatic heterocycles. The van der Waals surface area contributed by atoms with Crippen molar-refractivity contribution in [3.05, 3.63) is 0 Å². The van der Waals surface area contributed by atoms with Crippen molar-refractivity contribution in [3.63, 3.8) is 0 Å². The van der Waals surface area contributed by atoms with Crippen molar-refractivity contribution in [3.8, 4) is 0 Å². The van der Waals surface area contributed by atoms with Gasteiger partial charge in [0.2, 0.25) is 0 Å². The van der Waals surface area contributed by atoms with Crippen LogP contribution < -0.4 is 0 Å². The first-order valence-corrected chi connectivity index (χ1v) is 6.61. The van der Waals surface area contributed by atoms with E-state index in [4.69, 9.17) is 4.99 Å². The molecule has 0 bridgehead atoms. The smallest absolute Gasteiger partial charge is 0.104 e. The summed E-state index contributed by atoms with van der Waals surface area (Å²) < 4.78 is 0. The number of hydrogen-bond donors (Lipinski definition) is 0. The van der Waals surface area contributed by atoms with Gasteiger partial charge in [-0.25, -0.2) is 0 Å². The van der Waals surface area contributed by atoms with Crippen LogP contribution in [0, 0.1) is 5.41 Å². The molecule has 2 nitrogen and oxygen atoms in total. The third-order valence-corrected chi connectivity index (χ3v) is 2.62. The van der Waals surface area contributed by atoms with Gasteiger partial charge in [-0.05, 0) is 6.42 Å². The van der Waals surface area contributed by atoms with E-state index in [0.717, 1.165) is 6.54 Å². The van der Waals surface area contributed by atoms with E-state index >= 15 is 0 Å². The normalized spacial score (nSPS) is 13.0. The quantitative estimate of drug-likeness (QED) is 0.380. The average Bonchev–Trinajstić information content (AvgIpc) is 2.13. The number of amidine groups is 1. The lowest BCUT2D eigenvalue weighted by atomic mass is 9.94. The van der Waals surface area contributed by atoms with Gasteiger partial charge in [0.05, 0.1) is 0 Å². The third-order valence-electron chi connectivity index (χ3n) is 2.62. The highest BCUT2D eigenvalue weighted by molar-refractivity contribution is 5.86. The van der Waals surface area contributed by atoms with E-state index in [1.54, 1.807) is 0 Å². The van der Waals surface area contributed by atoms with E-state index in [0.29, 0.717) is 0 Å². The fourth-order valence-corrected chi connectivity index (χ4v) is 1.95. The molecule has 0 aromatic carbocycles. The van der Waals surface area contributed by atoms with Crippen LogP contribution in [0.2, 0.25) is 0 Å². The molecule has 2 heteroatoms. The summed E-state index contributed by atoms with van der Waals surface area (Å²) in [7, 11) is 4.17. The number of hydrogen-bond acceptors (Lipinski definition) is 1. The summed E-state index contributed by atoms with van der Waals surface area (Å²) in [5.74, 6) is 1.21. The topological polar surface area (TPSA) is 15.6 Å². The lowest BCUT2D eigenvalue weighted by Crippen LogP contribution is -2.34. The molecule has 0 atom stereocenters. The lowest BCUT2D eigenvalue weighted by molar-refractivity contribution is 0.476. The van der Waals surface area contributed by atoms with Gasteiger partial charge in [-0.3, -0.25) is 4.99 Å². The van der Waals surface area contributed by atoms with Gasteiger partial charge in [0, 0.05) is 26.1 Å². The summed E-state index contributed by atoms with van der Waals surface area (Å²) in [5, 5.41) is 0. The second-order valence-electron chi connectivity index (χ2n) is 5.76. The Morgan fingerprint density at radius 3 is 2.00 bits per heavy atom. The van der Waals surface area contributed by atoms with Crippen molar-refractivity contribution >= 4 is 5.84 Å². The Hall–Kier alpha value is -0.530. The van der Waals surface area contributed by atoms with Gasteiger partial charge in [0.15, 0.2) is 0 Å². The summed E-state index contributed by atoms with van der Waals surface area (Å²) in [4.78, 5) is 6.88. The second kappa shape index (κ2) is 7.70. The molecule has 0 aliphatic rings. The maximum Gasteiger partial charge on any atom is 0.104 e. The Bertz CT molecular complexity index is 199. The fourth-order valence-electron chi connectivity index (χ4n) is 1.95. The molecule has 0 heterocycles. The minimum atomic E-state index is 0.160. The van der Waals surface area contributed by atoms with Crippen LogP contribution in [0.15, 0.2) is 4.99 Å². The molecule has 0 fully saturated rings. The summed E-state index contributed by atoms with van der Waals surface area (Å²) in [6.45, 7) is 9.91. The Balaban J connectivity index is 3.97. The molecule has 0 spiro atoms. The minimum Gasteiger partial charge on any atom is -0.366 e. The van der Waals surface area contributed by atoms with Gasteiger partial charge in [-0.2, -0.15) is 0 Å². The van der Waals surface area contributed by atoms with Crippen LogP contribution in [0.4, 0.5) is 0 Å². The largest absolute Gasteiger partial charge is 0.366 e. The molecule has 0 aromatic heterocycles. The molecule has 0 aliphatic carbocycles. The average molecular weight is 226 g/mol. The molecular weight excluding hydrogens is 196 g/mol. The molecular formula is C14H30N2. The number of unbranched alkanes of at least 4 members (excludes halogenated alkanes) is 4. The monoisotopic (exact) mass is 226 g/mol. The second-order valence-corrected chi connectivity index (χ2v) is 5.76. The molecule has 0 N–H and O–H groups in total. The first kappa shape index (κ1) is 15.5. The van der Waals surface area contributed by atoms with Crippen molar-refractivity contribution in [2.24, 2.45) is 10.4 Å². The minimum absolute atomic E-state index is 0.160. The third kappa shape index (κ3) is 6.86. The Kier molecular flexibility index (Phi) is 7.44. The highest BCUT2D eigenvalue weighted by Gasteiger charge is 2.20. The zero-order valence-corrected chi connectivity index (χ0v) is 12.1.